The van der Waals surface area contributed by atoms with Gasteiger partial charge >= 0.3 is 0 Å². The minimum Gasteiger partial charge on any atom is -0.497 e. The molecule has 1 amide bonds. The van der Waals surface area contributed by atoms with Crippen molar-refractivity contribution in [3.05, 3.63) is 101 Å². The summed E-state index contributed by atoms with van der Waals surface area (Å²) >= 11 is 0. The van der Waals surface area contributed by atoms with Gasteiger partial charge in [-0.3, -0.25) is 9.69 Å². The zero-order chi connectivity index (χ0) is 25.5. The number of carbonyl (C=O) groups excluding carboxylic acids is 1. The summed E-state index contributed by atoms with van der Waals surface area (Å²) in [7, 11) is 1.62. The van der Waals surface area contributed by atoms with Gasteiger partial charge in [0.05, 0.1) is 31.5 Å². The van der Waals surface area contributed by atoms with E-state index in [0.29, 0.717) is 44.9 Å². The van der Waals surface area contributed by atoms with Crippen LogP contribution in [0.1, 0.15) is 33.2 Å². The number of nitrogens with zero attached hydrogens (tertiary/aromatic N) is 3. The highest BCUT2D eigenvalue weighted by atomic mass is 19.1. The first kappa shape index (κ1) is 25.3. The number of hydrogen-bond acceptors (Lipinski definition) is 5. The van der Waals surface area contributed by atoms with Gasteiger partial charge in [0, 0.05) is 44.4 Å². The maximum absolute atomic E-state index is 13.6. The highest BCUT2D eigenvalue weighted by Gasteiger charge is 2.25. The van der Waals surface area contributed by atoms with E-state index >= 15 is 0 Å². The van der Waals surface area contributed by atoms with Crippen LogP contribution in [-0.4, -0.2) is 55.5 Å². The first-order valence-electron chi connectivity index (χ1n) is 11.7. The Kier molecular flexibility index (Phi) is 8.26. The molecule has 1 saturated heterocycles. The van der Waals surface area contributed by atoms with Gasteiger partial charge in [-0.15, -0.1) is 0 Å². The monoisotopic (exact) mass is 491 g/mol. The van der Waals surface area contributed by atoms with Crippen LogP contribution in [0.5, 0.6) is 5.75 Å². The van der Waals surface area contributed by atoms with Crippen LogP contribution in [0.2, 0.25) is 0 Å². The Bertz CT molecular complexity index is 1220. The molecule has 3 aromatic carbocycles. The number of piperazine rings is 1. The minimum absolute atomic E-state index is 0.0148. The lowest BCUT2D eigenvalue weighted by molar-refractivity contribution is 0.00332. The van der Waals surface area contributed by atoms with Crippen LogP contribution < -0.4 is 4.74 Å². The molecule has 6 nitrogen and oxygen atoms in total. The summed E-state index contributed by atoms with van der Waals surface area (Å²) in [6.45, 7) is 3.06. The molecule has 0 aliphatic carbocycles. The summed E-state index contributed by atoms with van der Waals surface area (Å²) in [4.78, 5) is 16.6. The summed E-state index contributed by atoms with van der Waals surface area (Å²) < 4.78 is 38.8. The summed E-state index contributed by atoms with van der Waals surface area (Å²) in [5.41, 5.74) is 2.54. The highest BCUT2D eigenvalue weighted by Crippen LogP contribution is 2.25. The predicted octanol–water partition coefficient (Wildman–Crippen LogP) is 4.56. The first-order valence-corrected chi connectivity index (χ1v) is 11.7. The van der Waals surface area contributed by atoms with Crippen molar-refractivity contribution in [2.24, 2.45) is 0 Å². The fourth-order valence-corrected chi connectivity index (χ4v) is 4.20. The van der Waals surface area contributed by atoms with Crippen molar-refractivity contribution in [3.8, 4) is 11.8 Å². The van der Waals surface area contributed by atoms with Gasteiger partial charge in [-0.2, -0.15) is 5.26 Å². The van der Waals surface area contributed by atoms with E-state index < -0.39 is 11.6 Å². The topological polar surface area (TPSA) is 65.8 Å². The van der Waals surface area contributed by atoms with E-state index in [9.17, 15) is 13.6 Å². The number of ether oxygens (including phenoxy) is 2. The van der Waals surface area contributed by atoms with Crippen molar-refractivity contribution >= 4 is 5.91 Å². The van der Waals surface area contributed by atoms with Gasteiger partial charge < -0.3 is 14.4 Å². The molecule has 1 aliphatic heterocycles. The van der Waals surface area contributed by atoms with Crippen LogP contribution in [-0.2, 0) is 11.3 Å². The number of carbonyl (C=O) groups is 1. The Morgan fingerprint density at radius 3 is 2.33 bits per heavy atom. The lowest BCUT2D eigenvalue weighted by Crippen LogP contribution is -2.49. The van der Waals surface area contributed by atoms with Gasteiger partial charge in [-0.05, 0) is 47.5 Å². The molecular weight excluding hydrogens is 464 g/mol. The molecule has 0 spiro atoms. The van der Waals surface area contributed by atoms with E-state index in [1.165, 1.54) is 0 Å². The molecule has 1 atom stereocenters. The number of rotatable bonds is 8. The van der Waals surface area contributed by atoms with E-state index in [1.807, 2.05) is 36.4 Å². The van der Waals surface area contributed by atoms with E-state index in [1.54, 1.807) is 24.1 Å². The third-order valence-electron chi connectivity index (χ3n) is 6.19. The van der Waals surface area contributed by atoms with Crippen molar-refractivity contribution in [1.82, 2.24) is 9.80 Å². The van der Waals surface area contributed by atoms with Crippen molar-refractivity contribution in [2.75, 3.05) is 39.8 Å². The Morgan fingerprint density at radius 2 is 1.69 bits per heavy atom. The molecule has 8 heteroatoms. The number of methoxy groups -OCH3 is 1. The number of hydrogen-bond donors (Lipinski definition) is 0. The van der Waals surface area contributed by atoms with Crippen LogP contribution in [0.3, 0.4) is 0 Å². The van der Waals surface area contributed by atoms with Crippen LogP contribution in [0.15, 0.2) is 66.7 Å². The van der Waals surface area contributed by atoms with Gasteiger partial charge in [0.25, 0.3) is 5.91 Å². The smallest absolute Gasteiger partial charge is 0.254 e. The predicted molar refractivity (Wildman–Crippen MR) is 130 cm³/mol. The number of benzene rings is 3. The molecule has 0 N–H and O–H groups in total. The molecule has 4 rings (SSSR count). The second-order valence-corrected chi connectivity index (χ2v) is 8.64. The fraction of sp³-hybridized carbons (Fsp3) is 0.286. The van der Waals surface area contributed by atoms with Crippen LogP contribution in [0.4, 0.5) is 8.78 Å². The molecule has 1 fully saturated rings. The van der Waals surface area contributed by atoms with Crippen LogP contribution in [0.25, 0.3) is 0 Å². The zero-order valence-corrected chi connectivity index (χ0v) is 20.0. The zero-order valence-electron chi connectivity index (χ0n) is 20.0. The second kappa shape index (κ2) is 11.8. The summed E-state index contributed by atoms with van der Waals surface area (Å²) in [5, 5.41) is 9.01. The van der Waals surface area contributed by atoms with Crippen molar-refractivity contribution in [2.45, 2.75) is 12.7 Å². The standard InChI is InChI=1S/C28H27F2N3O3/c1-35-26-4-2-3-22(15-26)27(36-19-21-7-5-20(17-31)6-8-21)18-32-9-11-33(12-10-32)28(34)23-13-24(29)16-25(30)14-23/h2-8,13-16,27H,9-12,18-19H2,1H3. The molecule has 1 heterocycles. The third-order valence-corrected chi connectivity index (χ3v) is 6.19. The van der Waals surface area contributed by atoms with Gasteiger partial charge in [0.2, 0.25) is 0 Å². The lowest BCUT2D eigenvalue weighted by Gasteiger charge is -2.36. The largest absolute Gasteiger partial charge is 0.497 e. The third kappa shape index (κ3) is 6.45. The summed E-state index contributed by atoms with van der Waals surface area (Å²) in [6, 6.07) is 20.0. The van der Waals surface area contributed by atoms with Crippen molar-refractivity contribution < 1.29 is 23.0 Å². The summed E-state index contributed by atoms with van der Waals surface area (Å²) in [5.74, 6) is -1.18. The SMILES string of the molecule is COc1cccc(C(CN2CCN(C(=O)c3cc(F)cc(F)c3)CC2)OCc2ccc(C#N)cc2)c1. The molecule has 1 aliphatic rings. The average molecular weight is 492 g/mol. The Labute approximate surface area is 209 Å². The Balaban J connectivity index is 1.41. The molecule has 3 aromatic rings. The van der Waals surface area contributed by atoms with E-state index in [4.69, 9.17) is 14.7 Å². The maximum atomic E-state index is 13.6. The van der Waals surface area contributed by atoms with Crippen LogP contribution in [0, 0.1) is 23.0 Å². The van der Waals surface area contributed by atoms with Gasteiger partial charge in [-0.1, -0.05) is 24.3 Å². The minimum atomic E-state index is -0.766. The van der Waals surface area contributed by atoms with E-state index in [2.05, 4.69) is 11.0 Å². The van der Waals surface area contributed by atoms with Crippen molar-refractivity contribution in [1.29, 1.82) is 5.26 Å². The lowest BCUT2D eigenvalue weighted by atomic mass is 10.1. The summed E-state index contributed by atoms with van der Waals surface area (Å²) in [6.07, 6.45) is -0.254. The van der Waals surface area contributed by atoms with Gasteiger partial charge in [-0.25, -0.2) is 8.78 Å². The molecule has 0 aromatic heterocycles. The fourth-order valence-electron chi connectivity index (χ4n) is 4.20. The first-order chi connectivity index (χ1) is 17.4. The molecule has 1 unspecified atom stereocenters. The quantitative estimate of drug-likeness (QED) is 0.462. The number of nitriles is 1. The molecule has 0 saturated carbocycles. The number of halogens is 2. The molecule has 0 radical (unpaired) electrons. The van der Waals surface area contributed by atoms with E-state index in [0.717, 1.165) is 35.1 Å². The van der Waals surface area contributed by atoms with Crippen molar-refractivity contribution in [3.63, 3.8) is 0 Å². The van der Waals surface area contributed by atoms with Gasteiger partial charge in [0.1, 0.15) is 17.4 Å². The second-order valence-electron chi connectivity index (χ2n) is 8.64. The van der Waals surface area contributed by atoms with Gasteiger partial charge in [0.15, 0.2) is 0 Å². The molecule has 186 valence electrons. The average Bonchev–Trinajstić information content (AvgIpc) is 2.90. The maximum Gasteiger partial charge on any atom is 0.254 e. The normalized spacial score (nSPS) is 14.8. The molecular formula is C28H27F2N3O3. The Hall–Kier alpha value is -3.80. The highest BCUT2D eigenvalue weighted by molar-refractivity contribution is 5.94. The number of amides is 1. The van der Waals surface area contributed by atoms with Crippen LogP contribution >= 0.6 is 0 Å². The Morgan fingerprint density at radius 1 is 1.00 bits per heavy atom. The molecule has 0 bridgehead atoms. The molecule has 36 heavy (non-hydrogen) atoms. The van der Waals surface area contributed by atoms with E-state index in [-0.39, 0.29) is 17.6 Å².